The van der Waals surface area contributed by atoms with Crippen LogP contribution in [0.1, 0.15) is 43.4 Å². The standard InChI is InChI=1S/C13H17N3O2.C2H6/c1-10(17)15(2)9-11-5-3-6-12(14-11)13(18)16-7-4-8-16;1-2/h3,5-6H,4,7-9H2,1-2H3;1-2H3. The van der Waals surface area contributed by atoms with Crippen molar-refractivity contribution in [3.63, 3.8) is 0 Å². The molecule has 0 aliphatic carbocycles. The maximum absolute atomic E-state index is 12.0. The zero-order valence-electron chi connectivity index (χ0n) is 12.7. The molecule has 5 nitrogen and oxygen atoms in total. The van der Waals surface area contributed by atoms with Gasteiger partial charge < -0.3 is 9.80 Å². The monoisotopic (exact) mass is 277 g/mol. The highest BCUT2D eigenvalue weighted by Crippen LogP contribution is 2.11. The Morgan fingerprint density at radius 2 is 1.95 bits per heavy atom. The molecule has 0 saturated carbocycles. The Hall–Kier alpha value is -1.91. The van der Waals surface area contributed by atoms with Crippen LogP contribution in [0.2, 0.25) is 0 Å². The molecule has 0 atom stereocenters. The third-order valence-corrected chi connectivity index (χ3v) is 3.11. The van der Waals surface area contributed by atoms with Crippen molar-refractivity contribution in [2.45, 2.75) is 33.7 Å². The molecule has 20 heavy (non-hydrogen) atoms. The summed E-state index contributed by atoms with van der Waals surface area (Å²) in [6, 6.07) is 5.35. The number of hydrogen-bond acceptors (Lipinski definition) is 3. The molecule has 0 bridgehead atoms. The van der Waals surface area contributed by atoms with Crippen molar-refractivity contribution in [3.8, 4) is 0 Å². The third kappa shape index (κ3) is 4.05. The molecule has 0 radical (unpaired) electrons. The summed E-state index contributed by atoms with van der Waals surface area (Å²) >= 11 is 0. The SMILES string of the molecule is CC.CC(=O)N(C)Cc1cccc(C(=O)N2CCC2)n1. The topological polar surface area (TPSA) is 53.5 Å². The lowest BCUT2D eigenvalue weighted by molar-refractivity contribution is -0.128. The van der Waals surface area contributed by atoms with Gasteiger partial charge in [-0.3, -0.25) is 9.59 Å². The minimum absolute atomic E-state index is 0.0173. The van der Waals surface area contributed by atoms with Gasteiger partial charge in [0.25, 0.3) is 5.91 Å². The number of likely N-dealkylation sites (tertiary alicyclic amines) is 1. The van der Waals surface area contributed by atoms with Gasteiger partial charge in [-0.1, -0.05) is 19.9 Å². The largest absolute Gasteiger partial charge is 0.340 e. The smallest absolute Gasteiger partial charge is 0.272 e. The van der Waals surface area contributed by atoms with Gasteiger partial charge in [0.1, 0.15) is 5.69 Å². The van der Waals surface area contributed by atoms with Crippen molar-refractivity contribution in [3.05, 3.63) is 29.6 Å². The van der Waals surface area contributed by atoms with Crippen LogP contribution in [-0.2, 0) is 11.3 Å². The molecule has 1 saturated heterocycles. The van der Waals surface area contributed by atoms with Gasteiger partial charge in [-0.15, -0.1) is 0 Å². The van der Waals surface area contributed by atoms with E-state index in [1.165, 1.54) is 6.92 Å². The Labute approximate surface area is 120 Å². The fourth-order valence-corrected chi connectivity index (χ4v) is 1.72. The normalized spacial score (nSPS) is 12.9. The molecule has 2 rings (SSSR count). The van der Waals surface area contributed by atoms with Crippen LogP contribution in [0.3, 0.4) is 0 Å². The minimum atomic E-state index is -0.0198. The van der Waals surface area contributed by atoms with Gasteiger partial charge in [-0.25, -0.2) is 4.98 Å². The van der Waals surface area contributed by atoms with Crippen LogP contribution in [0.25, 0.3) is 0 Å². The van der Waals surface area contributed by atoms with Crippen molar-refractivity contribution in [2.75, 3.05) is 20.1 Å². The summed E-state index contributed by atoms with van der Waals surface area (Å²) in [4.78, 5) is 30.8. The van der Waals surface area contributed by atoms with Crippen LogP contribution in [-0.4, -0.2) is 46.7 Å². The molecule has 1 aromatic rings. The lowest BCUT2D eigenvalue weighted by atomic mass is 10.2. The van der Waals surface area contributed by atoms with Gasteiger partial charge in [0, 0.05) is 27.1 Å². The average Bonchev–Trinajstić information content (AvgIpc) is 2.39. The van der Waals surface area contributed by atoms with E-state index >= 15 is 0 Å². The Kier molecular flexibility index (Phi) is 6.15. The summed E-state index contributed by atoms with van der Waals surface area (Å²) in [6.45, 7) is 7.57. The van der Waals surface area contributed by atoms with Crippen molar-refractivity contribution >= 4 is 11.8 Å². The summed E-state index contributed by atoms with van der Waals surface area (Å²) in [5.41, 5.74) is 1.20. The summed E-state index contributed by atoms with van der Waals surface area (Å²) < 4.78 is 0. The maximum atomic E-state index is 12.0. The molecule has 0 N–H and O–H groups in total. The first kappa shape index (κ1) is 16.1. The molecule has 0 spiro atoms. The van der Waals surface area contributed by atoms with Crippen LogP contribution < -0.4 is 0 Å². The molecule has 2 amide bonds. The molecule has 2 heterocycles. The second-order valence-corrected chi connectivity index (χ2v) is 4.53. The molecule has 1 aliphatic rings. The zero-order valence-corrected chi connectivity index (χ0v) is 12.7. The average molecular weight is 277 g/mol. The summed E-state index contributed by atoms with van der Waals surface area (Å²) in [5.74, 6) is -0.0372. The van der Waals surface area contributed by atoms with Gasteiger partial charge in [-0.2, -0.15) is 0 Å². The van der Waals surface area contributed by atoms with Crippen LogP contribution in [0.4, 0.5) is 0 Å². The van der Waals surface area contributed by atoms with E-state index in [2.05, 4.69) is 4.98 Å². The molecule has 110 valence electrons. The third-order valence-electron chi connectivity index (χ3n) is 3.11. The Balaban J connectivity index is 0.000000956. The van der Waals surface area contributed by atoms with E-state index in [9.17, 15) is 9.59 Å². The first-order chi connectivity index (χ1) is 9.58. The van der Waals surface area contributed by atoms with E-state index in [0.717, 1.165) is 25.2 Å². The van der Waals surface area contributed by atoms with Crippen molar-refractivity contribution in [1.82, 2.24) is 14.8 Å². The fourth-order valence-electron chi connectivity index (χ4n) is 1.72. The van der Waals surface area contributed by atoms with Crippen LogP contribution in [0.5, 0.6) is 0 Å². The van der Waals surface area contributed by atoms with Crippen molar-refractivity contribution in [1.29, 1.82) is 0 Å². The van der Waals surface area contributed by atoms with E-state index in [4.69, 9.17) is 0 Å². The van der Waals surface area contributed by atoms with Gasteiger partial charge in [0.05, 0.1) is 12.2 Å². The van der Waals surface area contributed by atoms with Crippen molar-refractivity contribution < 1.29 is 9.59 Å². The highest BCUT2D eigenvalue weighted by molar-refractivity contribution is 5.92. The molecular weight excluding hydrogens is 254 g/mol. The fraction of sp³-hybridized carbons (Fsp3) is 0.533. The highest BCUT2D eigenvalue weighted by atomic mass is 16.2. The van der Waals surface area contributed by atoms with Gasteiger partial charge in [0.2, 0.25) is 5.91 Å². The Morgan fingerprint density at radius 1 is 1.30 bits per heavy atom. The minimum Gasteiger partial charge on any atom is -0.340 e. The van der Waals surface area contributed by atoms with Crippen LogP contribution >= 0.6 is 0 Å². The summed E-state index contributed by atoms with van der Waals surface area (Å²) in [7, 11) is 1.72. The molecule has 0 unspecified atom stereocenters. The quantitative estimate of drug-likeness (QED) is 0.848. The first-order valence-corrected chi connectivity index (χ1v) is 7.05. The highest BCUT2D eigenvalue weighted by Gasteiger charge is 2.22. The summed E-state index contributed by atoms with van der Waals surface area (Å²) in [6.07, 6.45) is 1.07. The molecule has 1 aromatic heterocycles. The number of hydrogen-bond donors (Lipinski definition) is 0. The van der Waals surface area contributed by atoms with Crippen LogP contribution in [0, 0.1) is 0 Å². The van der Waals surface area contributed by atoms with Gasteiger partial charge in [0.15, 0.2) is 0 Å². The zero-order chi connectivity index (χ0) is 15.1. The van der Waals surface area contributed by atoms with E-state index in [-0.39, 0.29) is 11.8 Å². The predicted octanol–water partition coefficient (Wildman–Crippen LogP) is 1.93. The maximum Gasteiger partial charge on any atom is 0.272 e. The number of carbonyl (C=O) groups excluding carboxylic acids is 2. The molecule has 5 heteroatoms. The molecular formula is C15H23N3O2. The number of amides is 2. The number of carbonyl (C=O) groups is 2. The second kappa shape index (κ2) is 7.62. The molecule has 1 aliphatic heterocycles. The second-order valence-electron chi connectivity index (χ2n) is 4.53. The van der Waals surface area contributed by atoms with E-state index in [1.54, 1.807) is 22.9 Å². The predicted molar refractivity (Wildman–Crippen MR) is 78.3 cm³/mol. The first-order valence-electron chi connectivity index (χ1n) is 7.05. The van der Waals surface area contributed by atoms with E-state index < -0.39 is 0 Å². The summed E-state index contributed by atoms with van der Waals surface area (Å²) in [5, 5.41) is 0. The molecule has 1 fully saturated rings. The van der Waals surface area contributed by atoms with E-state index in [1.807, 2.05) is 26.0 Å². The van der Waals surface area contributed by atoms with E-state index in [0.29, 0.717) is 12.2 Å². The number of aromatic nitrogens is 1. The van der Waals surface area contributed by atoms with Gasteiger partial charge >= 0.3 is 0 Å². The van der Waals surface area contributed by atoms with Crippen molar-refractivity contribution in [2.24, 2.45) is 0 Å². The van der Waals surface area contributed by atoms with Crippen LogP contribution in [0.15, 0.2) is 18.2 Å². The Bertz CT molecular complexity index is 470. The number of pyridine rings is 1. The number of rotatable bonds is 3. The lowest BCUT2D eigenvalue weighted by Gasteiger charge is -2.30. The molecule has 0 aromatic carbocycles. The number of nitrogens with zero attached hydrogens (tertiary/aromatic N) is 3. The Morgan fingerprint density at radius 3 is 2.45 bits per heavy atom. The lowest BCUT2D eigenvalue weighted by Crippen LogP contribution is -2.42. The van der Waals surface area contributed by atoms with Gasteiger partial charge in [-0.05, 0) is 18.6 Å².